The monoisotopic (exact) mass is 353 g/mol. The molecule has 0 spiro atoms. The summed E-state index contributed by atoms with van der Waals surface area (Å²) in [7, 11) is 0. The van der Waals surface area contributed by atoms with Gasteiger partial charge in [-0.15, -0.1) is 0 Å². The molecule has 3 nitrogen and oxygen atoms in total. The predicted molar refractivity (Wildman–Crippen MR) is 106 cm³/mol. The third-order valence-corrected chi connectivity index (χ3v) is 5.27. The van der Waals surface area contributed by atoms with Gasteiger partial charge < -0.3 is 9.84 Å². The highest BCUT2D eigenvalue weighted by atomic mass is 16.5. The molecule has 1 fully saturated rings. The van der Waals surface area contributed by atoms with Crippen LogP contribution >= 0.6 is 0 Å². The predicted octanol–water partition coefficient (Wildman–Crippen LogP) is 4.40. The molecule has 0 bridgehead atoms. The van der Waals surface area contributed by atoms with E-state index in [2.05, 4.69) is 65.6 Å². The van der Waals surface area contributed by atoms with Crippen LogP contribution in [0.1, 0.15) is 43.2 Å². The smallest absolute Gasteiger partial charge is 0.0576 e. The SMILES string of the molecule is OCCCOC1CCC(N(Cc2ccccc2)Cc2ccccc2)CC1. The molecule has 0 amide bonds. The van der Waals surface area contributed by atoms with E-state index >= 15 is 0 Å². The van der Waals surface area contributed by atoms with E-state index < -0.39 is 0 Å². The molecule has 2 aromatic rings. The van der Waals surface area contributed by atoms with Crippen molar-refractivity contribution in [2.75, 3.05) is 13.2 Å². The standard InChI is InChI=1S/C23H31NO2/c25-16-7-17-26-23-14-12-22(13-15-23)24(18-20-8-3-1-4-9-20)19-21-10-5-2-6-11-21/h1-6,8-11,22-23,25H,7,12-19H2. The Kier molecular flexibility index (Phi) is 7.68. The van der Waals surface area contributed by atoms with Crippen LogP contribution in [0, 0.1) is 0 Å². The van der Waals surface area contributed by atoms with Crippen molar-refractivity contribution in [3.05, 3.63) is 71.8 Å². The van der Waals surface area contributed by atoms with Crippen molar-refractivity contribution >= 4 is 0 Å². The molecule has 1 aliphatic rings. The Hall–Kier alpha value is -1.68. The molecule has 0 aromatic heterocycles. The van der Waals surface area contributed by atoms with Crippen molar-refractivity contribution in [3.8, 4) is 0 Å². The number of nitrogens with zero attached hydrogens (tertiary/aromatic N) is 1. The minimum absolute atomic E-state index is 0.220. The highest BCUT2D eigenvalue weighted by molar-refractivity contribution is 5.17. The zero-order chi connectivity index (χ0) is 18.0. The number of aliphatic hydroxyl groups is 1. The molecule has 0 unspecified atom stereocenters. The zero-order valence-electron chi connectivity index (χ0n) is 15.6. The van der Waals surface area contributed by atoms with E-state index in [0.29, 0.717) is 18.8 Å². The molecule has 26 heavy (non-hydrogen) atoms. The summed E-state index contributed by atoms with van der Waals surface area (Å²) < 4.78 is 5.91. The van der Waals surface area contributed by atoms with Crippen LogP contribution in [-0.4, -0.2) is 35.4 Å². The van der Waals surface area contributed by atoms with Gasteiger partial charge in [0.05, 0.1) is 6.10 Å². The van der Waals surface area contributed by atoms with Crippen LogP contribution < -0.4 is 0 Å². The first kappa shape index (κ1) is 19.1. The summed E-state index contributed by atoms with van der Waals surface area (Å²) in [6, 6.07) is 22.2. The Bertz CT molecular complexity index is 567. The van der Waals surface area contributed by atoms with Crippen molar-refractivity contribution in [2.24, 2.45) is 0 Å². The van der Waals surface area contributed by atoms with Crippen molar-refractivity contribution in [1.82, 2.24) is 4.90 Å². The first-order valence-corrected chi connectivity index (χ1v) is 9.89. The van der Waals surface area contributed by atoms with Gasteiger partial charge in [-0.25, -0.2) is 0 Å². The molecule has 3 heteroatoms. The molecule has 2 aromatic carbocycles. The van der Waals surface area contributed by atoms with Crippen molar-refractivity contribution in [2.45, 2.75) is 57.3 Å². The summed E-state index contributed by atoms with van der Waals surface area (Å²) >= 11 is 0. The van der Waals surface area contributed by atoms with Gasteiger partial charge in [-0.2, -0.15) is 0 Å². The Balaban J connectivity index is 1.60. The average molecular weight is 354 g/mol. The second-order valence-electron chi connectivity index (χ2n) is 7.25. The Morgan fingerprint density at radius 3 is 1.85 bits per heavy atom. The van der Waals surface area contributed by atoms with Gasteiger partial charge in [0.2, 0.25) is 0 Å². The van der Waals surface area contributed by atoms with Gasteiger partial charge in [-0.3, -0.25) is 4.90 Å². The molecular weight excluding hydrogens is 322 g/mol. The third-order valence-electron chi connectivity index (χ3n) is 5.27. The fourth-order valence-corrected chi connectivity index (χ4v) is 3.84. The van der Waals surface area contributed by atoms with Gasteiger partial charge in [0.15, 0.2) is 0 Å². The summed E-state index contributed by atoms with van der Waals surface area (Å²) in [5.41, 5.74) is 2.76. The van der Waals surface area contributed by atoms with Gasteiger partial charge in [-0.1, -0.05) is 60.7 Å². The minimum Gasteiger partial charge on any atom is -0.396 e. The van der Waals surface area contributed by atoms with E-state index in [9.17, 15) is 0 Å². The number of benzene rings is 2. The third kappa shape index (κ3) is 5.94. The topological polar surface area (TPSA) is 32.7 Å². The summed E-state index contributed by atoms with van der Waals surface area (Å²) in [4.78, 5) is 2.63. The quantitative estimate of drug-likeness (QED) is 0.678. The van der Waals surface area contributed by atoms with E-state index in [1.807, 2.05) is 0 Å². The van der Waals surface area contributed by atoms with Gasteiger partial charge in [-0.05, 0) is 43.2 Å². The number of aliphatic hydroxyl groups excluding tert-OH is 1. The second kappa shape index (κ2) is 10.5. The zero-order valence-corrected chi connectivity index (χ0v) is 15.6. The Morgan fingerprint density at radius 1 is 0.808 bits per heavy atom. The molecule has 0 heterocycles. The molecule has 0 radical (unpaired) electrons. The van der Waals surface area contributed by atoms with Crippen LogP contribution in [0.15, 0.2) is 60.7 Å². The summed E-state index contributed by atoms with van der Waals surface area (Å²) in [6.07, 6.45) is 5.72. The lowest BCUT2D eigenvalue weighted by Crippen LogP contribution is -2.38. The van der Waals surface area contributed by atoms with Crippen LogP contribution in [0.3, 0.4) is 0 Å². The summed E-state index contributed by atoms with van der Waals surface area (Å²) in [5, 5.41) is 8.90. The molecule has 0 saturated heterocycles. The first-order valence-electron chi connectivity index (χ1n) is 9.89. The van der Waals surface area contributed by atoms with Crippen LogP contribution in [-0.2, 0) is 17.8 Å². The second-order valence-corrected chi connectivity index (χ2v) is 7.25. The van der Waals surface area contributed by atoms with E-state index in [4.69, 9.17) is 9.84 Å². The van der Waals surface area contributed by atoms with E-state index in [1.54, 1.807) is 0 Å². The summed E-state index contributed by atoms with van der Waals surface area (Å²) in [6.45, 7) is 2.90. The largest absolute Gasteiger partial charge is 0.396 e. The fraction of sp³-hybridized carbons (Fsp3) is 0.478. The normalized spacial score (nSPS) is 20.4. The van der Waals surface area contributed by atoms with E-state index in [-0.39, 0.29) is 6.61 Å². The van der Waals surface area contributed by atoms with Gasteiger partial charge >= 0.3 is 0 Å². The Labute approximate surface area is 157 Å². The van der Waals surface area contributed by atoms with Gasteiger partial charge in [0, 0.05) is 32.3 Å². The maximum absolute atomic E-state index is 8.90. The van der Waals surface area contributed by atoms with Crippen molar-refractivity contribution in [1.29, 1.82) is 0 Å². The maximum atomic E-state index is 8.90. The highest BCUT2D eigenvalue weighted by Gasteiger charge is 2.26. The van der Waals surface area contributed by atoms with E-state index in [1.165, 1.54) is 24.0 Å². The lowest BCUT2D eigenvalue weighted by atomic mass is 9.91. The van der Waals surface area contributed by atoms with Crippen molar-refractivity contribution < 1.29 is 9.84 Å². The molecule has 0 aliphatic heterocycles. The maximum Gasteiger partial charge on any atom is 0.0576 e. The number of ether oxygens (including phenoxy) is 1. The molecule has 1 N–H and O–H groups in total. The average Bonchev–Trinajstić information content (AvgIpc) is 2.70. The molecule has 140 valence electrons. The van der Waals surface area contributed by atoms with Crippen molar-refractivity contribution in [3.63, 3.8) is 0 Å². The molecular formula is C23H31NO2. The van der Waals surface area contributed by atoms with Crippen LogP contribution in [0.5, 0.6) is 0 Å². The highest BCUT2D eigenvalue weighted by Crippen LogP contribution is 2.27. The molecule has 0 atom stereocenters. The molecule has 1 saturated carbocycles. The molecule has 1 aliphatic carbocycles. The number of rotatable bonds is 9. The van der Waals surface area contributed by atoms with Crippen LogP contribution in [0.4, 0.5) is 0 Å². The first-order chi connectivity index (χ1) is 12.8. The lowest BCUT2D eigenvalue weighted by Gasteiger charge is -2.37. The van der Waals surface area contributed by atoms with Crippen LogP contribution in [0.2, 0.25) is 0 Å². The minimum atomic E-state index is 0.220. The number of hydrogen-bond acceptors (Lipinski definition) is 3. The number of hydrogen-bond donors (Lipinski definition) is 1. The van der Waals surface area contributed by atoms with E-state index in [0.717, 1.165) is 32.4 Å². The summed E-state index contributed by atoms with van der Waals surface area (Å²) in [5.74, 6) is 0. The van der Waals surface area contributed by atoms with Gasteiger partial charge in [0.1, 0.15) is 0 Å². The van der Waals surface area contributed by atoms with Crippen LogP contribution in [0.25, 0.3) is 0 Å². The Morgan fingerprint density at radius 2 is 1.35 bits per heavy atom. The lowest BCUT2D eigenvalue weighted by molar-refractivity contribution is -0.000381. The fourth-order valence-electron chi connectivity index (χ4n) is 3.84. The van der Waals surface area contributed by atoms with Gasteiger partial charge in [0.25, 0.3) is 0 Å². The molecule has 3 rings (SSSR count).